The molecule has 0 spiro atoms. The van der Waals surface area contributed by atoms with Crippen molar-refractivity contribution in [1.29, 1.82) is 0 Å². The molecule has 0 N–H and O–H groups in total. The maximum Gasteiger partial charge on any atom is 0.355 e. The summed E-state index contributed by atoms with van der Waals surface area (Å²) in [7, 11) is 2.49. The summed E-state index contributed by atoms with van der Waals surface area (Å²) in [6, 6.07) is 3.49. The van der Waals surface area contributed by atoms with Gasteiger partial charge in [-0.25, -0.2) is 9.59 Å². The van der Waals surface area contributed by atoms with Gasteiger partial charge in [-0.3, -0.25) is 0 Å². The van der Waals surface area contributed by atoms with E-state index in [9.17, 15) is 9.59 Å². The third-order valence-electron chi connectivity index (χ3n) is 3.42. The molecule has 1 aliphatic rings. The number of rotatable bonds is 3. The van der Waals surface area contributed by atoms with Crippen molar-refractivity contribution in [3.8, 4) is 0 Å². The molecule has 1 heterocycles. The first kappa shape index (κ1) is 17.8. The Hall–Kier alpha value is -1.57. The summed E-state index contributed by atoms with van der Waals surface area (Å²) in [6.07, 6.45) is 0. The molecule has 0 atom stereocenters. The lowest BCUT2D eigenvalue weighted by atomic mass is 10.1. The van der Waals surface area contributed by atoms with Gasteiger partial charge in [0.05, 0.1) is 32.1 Å². The van der Waals surface area contributed by atoms with Crippen molar-refractivity contribution in [1.82, 2.24) is 0 Å². The number of nitrogens with zero attached hydrogens (tertiary/aromatic N) is 1. The van der Waals surface area contributed by atoms with E-state index in [0.717, 1.165) is 5.56 Å². The smallest absolute Gasteiger partial charge is 0.355 e. The summed E-state index contributed by atoms with van der Waals surface area (Å²) in [5.41, 5.74) is 1.53. The highest BCUT2D eigenvalue weighted by Gasteiger charge is 2.34. The van der Waals surface area contributed by atoms with Gasteiger partial charge in [-0.1, -0.05) is 11.6 Å². The van der Waals surface area contributed by atoms with Gasteiger partial charge in [-0.2, -0.15) is 0 Å². The molecular weight excluding hydrogens is 390 g/mol. The molecule has 0 saturated heterocycles. The molecule has 0 fully saturated rings. The summed E-state index contributed by atoms with van der Waals surface area (Å²) in [4.78, 5) is 25.8. The molecule has 1 aromatic carbocycles. The van der Waals surface area contributed by atoms with Crippen molar-refractivity contribution in [3.63, 3.8) is 0 Å². The number of carbonyl (C=O) groups excluding carboxylic acids is 2. The van der Waals surface area contributed by atoms with Crippen molar-refractivity contribution in [2.75, 3.05) is 32.5 Å². The highest BCUT2D eigenvalue weighted by Crippen LogP contribution is 2.38. The molecule has 23 heavy (non-hydrogen) atoms. The number of ether oxygens (including phenoxy) is 3. The van der Waals surface area contributed by atoms with Crippen LogP contribution in [0.15, 0.2) is 27.9 Å². The quantitative estimate of drug-likeness (QED) is 0.722. The van der Waals surface area contributed by atoms with Gasteiger partial charge in [0.2, 0.25) is 0 Å². The average molecular weight is 405 g/mol. The molecule has 0 radical (unpaired) electrons. The topological polar surface area (TPSA) is 65.1 Å². The SMILES string of the molecule is COC(=O)C1=C(C(=O)OC)N(c2c(Br)ccc(Cl)c2C)COC1. The van der Waals surface area contributed by atoms with Crippen LogP contribution < -0.4 is 4.90 Å². The lowest BCUT2D eigenvalue weighted by molar-refractivity contribution is -0.140. The van der Waals surface area contributed by atoms with Crippen molar-refractivity contribution in [2.45, 2.75) is 6.92 Å². The Labute approximate surface area is 147 Å². The van der Waals surface area contributed by atoms with Gasteiger partial charge < -0.3 is 19.1 Å². The summed E-state index contributed by atoms with van der Waals surface area (Å²) >= 11 is 9.62. The fraction of sp³-hybridized carbons (Fsp3) is 0.333. The van der Waals surface area contributed by atoms with Crippen LogP contribution in [0.25, 0.3) is 0 Å². The molecule has 8 heteroatoms. The van der Waals surface area contributed by atoms with Crippen LogP contribution in [0.1, 0.15) is 5.56 Å². The van der Waals surface area contributed by atoms with Crippen LogP contribution in [0.5, 0.6) is 0 Å². The van der Waals surface area contributed by atoms with Crippen LogP contribution in [0.3, 0.4) is 0 Å². The second-order valence-electron chi connectivity index (χ2n) is 4.72. The molecule has 6 nitrogen and oxygen atoms in total. The zero-order valence-corrected chi connectivity index (χ0v) is 15.2. The molecule has 0 saturated carbocycles. The second kappa shape index (κ2) is 7.33. The zero-order valence-electron chi connectivity index (χ0n) is 12.8. The van der Waals surface area contributed by atoms with Crippen molar-refractivity contribution < 1.29 is 23.8 Å². The number of methoxy groups -OCH3 is 2. The van der Waals surface area contributed by atoms with Crippen LogP contribution in [0.2, 0.25) is 5.02 Å². The fourth-order valence-corrected chi connectivity index (χ4v) is 3.09. The van der Waals surface area contributed by atoms with Crippen LogP contribution in [-0.2, 0) is 23.8 Å². The van der Waals surface area contributed by atoms with Gasteiger partial charge in [0.25, 0.3) is 0 Å². The Morgan fingerprint density at radius 1 is 1.26 bits per heavy atom. The molecule has 0 bridgehead atoms. The van der Waals surface area contributed by atoms with E-state index in [-0.39, 0.29) is 24.6 Å². The van der Waals surface area contributed by atoms with E-state index in [2.05, 4.69) is 15.9 Å². The lowest BCUT2D eigenvalue weighted by Crippen LogP contribution is -2.39. The zero-order chi connectivity index (χ0) is 17.1. The first-order valence-electron chi connectivity index (χ1n) is 6.62. The monoisotopic (exact) mass is 403 g/mol. The molecule has 0 aliphatic carbocycles. The molecule has 0 amide bonds. The number of anilines is 1. The van der Waals surface area contributed by atoms with Crippen LogP contribution in [-0.4, -0.2) is 39.5 Å². The summed E-state index contributed by atoms with van der Waals surface area (Å²) < 4.78 is 15.7. The summed E-state index contributed by atoms with van der Waals surface area (Å²) in [5.74, 6) is -1.30. The Balaban J connectivity index is 2.68. The predicted octanol–water partition coefficient (Wildman–Crippen LogP) is 2.81. The number of esters is 2. The van der Waals surface area contributed by atoms with Crippen molar-refractivity contribution >= 4 is 45.2 Å². The van der Waals surface area contributed by atoms with Crippen LogP contribution in [0.4, 0.5) is 5.69 Å². The average Bonchev–Trinajstić information content (AvgIpc) is 2.56. The number of halogens is 2. The molecule has 124 valence electrons. The minimum atomic E-state index is -0.653. The Bertz CT molecular complexity index is 689. The number of hydrogen-bond donors (Lipinski definition) is 0. The first-order valence-corrected chi connectivity index (χ1v) is 7.79. The highest BCUT2D eigenvalue weighted by molar-refractivity contribution is 9.10. The molecule has 0 aromatic heterocycles. The van der Waals surface area contributed by atoms with E-state index in [1.165, 1.54) is 14.2 Å². The van der Waals surface area contributed by atoms with Crippen LogP contribution >= 0.6 is 27.5 Å². The maximum atomic E-state index is 12.3. The van der Waals surface area contributed by atoms with E-state index < -0.39 is 11.9 Å². The third-order valence-corrected chi connectivity index (χ3v) is 4.47. The normalized spacial score (nSPS) is 14.7. The standard InChI is InChI=1S/C15H15BrClNO5/c1-8-11(17)5-4-10(16)12(8)18-7-23-6-9(14(19)21-2)13(18)15(20)22-3/h4-5H,6-7H2,1-3H3. The van der Waals surface area contributed by atoms with Gasteiger partial charge >= 0.3 is 11.9 Å². The molecule has 1 aromatic rings. The lowest BCUT2D eigenvalue weighted by Gasteiger charge is -2.33. The summed E-state index contributed by atoms with van der Waals surface area (Å²) in [6.45, 7) is 1.85. The largest absolute Gasteiger partial charge is 0.466 e. The second-order valence-corrected chi connectivity index (χ2v) is 5.98. The Kier molecular flexibility index (Phi) is 5.67. The van der Waals surface area contributed by atoms with E-state index in [1.54, 1.807) is 17.0 Å². The highest BCUT2D eigenvalue weighted by atomic mass is 79.9. The first-order chi connectivity index (χ1) is 10.9. The van der Waals surface area contributed by atoms with Crippen molar-refractivity contribution in [3.05, 3.63) is 38.5 Å². The predicted molar refractivity (Wildman–Crippen MR) is 88.2 cm³/mol. The van der Waals surface area contributed by atoms with Gasteiger partial charge in [0.1, 0.15) is 12.4 Å². The van der Waals surface area contributed by atoms with Gasteiger partial charge in [0, 0.05) is 9.50 Å². The molecule has 0 unspecified atom stereocenters. The van der Waals surface area contributed by atoms with Gasteiger partial charge in [-0.05, 0) is 40.5 Å². The number of hydrogen-bond acceptors (Lipinski definition) is 6. The molecular formula is C15H15BrClNO5. The molecule has 1 aliphatic heterocycles. The summed E-state index contributed by atoms with van der Waals surface area (Å²) in [5, 5.41) is 0.526. The van der Waals surface area contributed by atoms with Gasteiger partial charge in [0.15, 0.2) is 0 Å². The minimum Gasteiger partial charge on any atom is -0.466 e. The van der Waals surface area contributed by atoms with E-state index in [0.29, 0.717) is 15.2 Å². The minimum absolute atomic E-state index is 0.0369. The fourth-order valence-electron chi connectivity index (χ4n) is 2.29. The maximum absolute atomic E-state index is 12.3. The van der Waals surface area contributed by atoms with E-state index in [1.807, 2.05) is 6.92 Å². The van der Waals surface area contributed by atoms with Crippen molar-refractivity contribution in [2.24, 2.45) is 0 Å². The third kappa shape index (κ3) is 3.36. The number of benzene rings is 1. The van der Waals surface area contributed by atoms with Crippen LogP contribution in [0, 0.1) is 6.92 Å². The van der Waals surface area contributed by atoms with E-state index >= 15 is 0 Å². The number of carbonyl (C=O) groups is 2. The van der Waals surface area contributed by atoms with E-state index in [4.69, 9.17) is 25.8 Å². The molecule has 2 rings (SSSR count). The Morgan fingerprint density at radius 2 is 1.91 bits per heavy atom. The Morgan fingerprint density at radius 3 is 2.52 bits per heavy atom. The van der Waals surface area contributed by atoms with Gasteiger partial charge in [-0.15, -0.1) is 0 Å².